The van der Waals surface area contributed by atoms with Crippen molar-refractivity contribution in [3.63, 3.8) is 0 Å². The van der Waals surface area contributed by atoms with Crippen LogP contribution in [0.2, 0.25) is 0 Å². The zero-order valence-corrected chi connectivity index (χ0v) is 9.78. The number of carboxylic acid groups (broad SMARTS) is 1. The molecule has 18 heavy (non-hydrogen) atoms. The Morgan fingerprint density at radius 3 is 2.94 bits per heavy atom. The first kappa shape index (κ1) is 12.0. The lowest BCUT2D eigenvalue weighted by atomic mass is 10.2. The average Bonchev–Trinajstić information content (AvgIpc) is 2.76. The Hall–Kier alpha value is -2.44. The van der Waals surface area contributed by atoms with E-state index in [1.807, 2.05) is 24.3 Å². The van der Waals surface area contributed by atoms with Gasteiger partial charge in [-0.2, -0.15) is 0 Å². The third kappa shape index (κ3) is 2.62. The molecule has 1 aromatic heterocycles. The summed E-state index contributed by atoms with van der Waals surface area (Å²) in [6.07, 6.45) is -0.206. The number of nitrogens with zero attached hydrogens (tertiary/aromatic N) is 4. The van der Waals surface area contributed by atoms with E-state index in [1.54, 1.807) is 7.11 Å². The van der Waals surface area contributed by atoms with Crippen molar-refractivity contribution in [2.24, 2.45) is 0 Å². The predicted molar refractivity (Wildman–Crippen MR) is 61.3 cm³/mol. The van der Waals surface area contributed by atoms with Crippen molar-refractivity contribution < 1.29 is 14.6 Å². The summed E-state index contributed by atoms with van der Waals surface area (Å²) < 4.78 is 6.67. The molecule has 1 aromatic carbocycles. The highest BCUT2D eigenvalue weighted by Gasteiger charge is 2.12. The molecule has 7 heteroatoms. The van der Waals surface area contributed by atoms with Crippen LogP contribution in [-0.2, 0) is 17.8 Å². The van der Waals surface area contributed by atoms with Crippen molar-refractivity contribution in [2.45, 2.75) is 13.0 Å². The normalized spacial score (nSPS) is 10.3. The number of methoxy groups -OCH3 is 1. The van der Waals surface area contributed by atoms with Crippen molar-refractivity contribution in [2.75, 3.05) is 7.11 Å². The van der Waals surface area contributed by atoms with Gasteiger partial charge in [0.1, 0.15) is 12.2 Å². The third-order valence-electron chi connectivity index (χ3n) is 2.43. The zero-order valence-electron chi connectivity index (χ0n) is 9.78. The predicted octanol–water partition coefficient (Wildman–Crippen LogP) is 0.357. The van der Waals surface area contributed by atoms with Crippen molar-refractivity contribution >= 4 is 5.97 Å². The number of aromatic nitrogens is 4. The van der Waals surface area contributed by atoms with Gasteiger partial charge in [0.05, 0.1) is 13.7 Å². The van der Waals surface area contributed by atoms with Gasteiger partial charge in [-0.3, -0.25) is 4.79 Å². The van der Waals surface area contributed by atoms with E-state index in [1.165, 1.54) is 4.68 Å². The van der Waals surface area contributed by atoms with E-state index in [-0.39, 0.29) is 6.42 Å². The molecule has 0 saturated carbocycles. The zero-order chi connectivity index (χ0) is 13.0. The highest BCUT2D eigenvalue weighted by molar-refractivity contribution is 5.68. The molecule has 0 fully saturated rings. The molecule has 0 unspecified atom stereocenters. The number of carbonyl (C=O) groups is 1. The van der Waals surface area contributed by atoms with Gasteiger partial charge in [-0.25, -0.2) is 4.68 Å². The number of tetrazole rings is 1. The average molecular weight is 248 g/mol. The topological polar surface area (TPSA) is 90.1 Å². The molecule has 2 rings (SSSR count). The SMILES string of the molecule is COc1ccccc1Cn1nnnc1CC(=O)O. The molecule has 94 valence electrons. The van der Waals surface area contributed by atoms with Gasteiger partial charge in [-0.1, -0.05) is 18.2 Å². The standard InChI is InChI=1S/C11H12N4O3/c1-18-9-5-3-2-4-8(9)7-15-10(6-11(16)17)12-13-14-15/h2-5H,6-7H2,1H3,(H,16,17). The molecular formula is C11H12N4O3. The van der Waals surface area contributed by atoms with Gasteiger partial charge in [0.25, 0.3) is 0 Å². The van der Waals surface area contributed by atoms with Crippen LogP contribution >= 0.6 is 0 Å². The lowest BCUT2D eigenvalue weighted by Gasteiger charge is -2.08. The van der Waals surface area contributed by atoms with E-state index in [9.17, 15) is 4.79 Å². The van der Waals surface area contributed by atoms with E-state index in [2.05, 4.69) is 15.5 Å². The second-order valence-electron chi connectivity index (χ2n) is 3.64. The molecular weight excluding hydrogens is 236 g/mol. The summed E-state index contributed by atoms with van der Waals surface area (Å²) in [5.41, 5.74) is 0.888. The first-order valence-corrected chi connectivity index (χ1v) is 5.29. The van der Waals surface area contributed by atoms with Gasteiger partial charge in [-0.15, -0.1) is 5.10 Å². The number of hydrogen-bond acceptors (Lipinski definition) is 5. The Morgan fingerprint density at radius 2 is 2.22 bits per heavy atom. The molecule has 0 radical (unpaired) electrons. The first-order valence-electron chi connectivity index (χ1n) is 5.29. The van der Waals surface area contributed by atoms with E-state index >= 15 is 0 Å². The summed E-state index contributed by atoms with van der Waals surface area (Å²) in [4.78, 5) is 10.7. The fourth-order valence-corrected chi connectivity index (χ4v) is 1.60. The van der Waals surface area contributed by atoms with E-state index < -0.39 is 5.97 Å². The minimum atomic E-state index is -0.967. The fraction of sp³-hybridized carbons (Fsp3) is 0.273. The number of benzene rings is 1. The molecule has 0 atom stereocenters. The van der Waals surface area contributed by atoms with Crippen LogP contribution in [0.25, 0.3) is 0 Å². The quantitative estimate of drug-likeness (QED) is 0.821. The van der Waals surface area contributed by atoms with Crippen LogP contribution < -0.4 is 4.74 Å². The van der Waals surface area contributed by atoms with Gasteiger partial charge in [0.2, 0.25) is 0 Å². The van der Waals surface area contributed by atoms with Crippen molar-refractivity contribution in [3.8, 4) is 5.75 Å². The number of hydrogen-bond donors (Lipinski definition) is 1. The molecule has 7 nitrogen and oxygen atoms in total. The van der Waals surface area contributed by atoms with Crippen molar-refractivity contribution in [1.29, 1.82) is 0 Å². The minimum Gasteiger partial charge on any atom is -0.496 e. The van der Waals surface area contributed by atoms with Crippen LogP contribution in [-0.4, -0.2) is 38.4 Å². The fourth-order valence-electron chi connectivity index (χ4n) is 1.60. The van der Waals surface area contributed by atoms with Crippen LogP contribution in [0.5, 0.6) is 5.75 Å². The van der Waals surface area contributed by atoms with Crippen LogP contribution in [0.15, 0.2) is 24.3 Å². The molecule has 1 N–H and O–H groups in total. The van der Waals surface area contributed by atoms with Gasteiger partial charge >= 0.3 is 5.97 Å². The highest BCUT2D eigenvalue weighted by atomic mass is 16.5. The molecule has 0 aliphatic rings. The Labute approximate surface area is 103 Å². The van der Waals surface area contributed by atoms with Crippen LogP contribution in [0.3, 0.4) is 0 Å². The van der Waals surface area contributed by atoms with Crippen molar-refractivity contribution in [1.82, 2.24) is 20.2 Å². The van der Waals surface area contributed by atoms with Crippen LogP contribution in [0.1, 0.15) is 11.4 Å². The molecule has 0 aliphatic carbocycles. The Kier molecular flexibility index (Phi) is 3.52. The van der Waals surface area contributed by atoms with E-state index in [0.717, 1.165) is 5.56 Å². The largest absolute Gasteiger partial charge is 0.496 e. The minimum absolute atomic E-state index is 0.206. The third-order valence-corrected chi connectivity index (χ3v) is 2.43. The lowest BCUT2D eigenvalue weighted by Crippen LogP contribution is -2.12. The molecule has 0 amide bonds. The number of aliphatic carboxylic acids is 1. The molecule has 2 aromatic rings. The summed E-state index contributed by atoms with van der Waals surface area (Å²) in [6, 6.07) is 7.45. The lowest BCUT2D eigenvalue weighted by molar-refractivity contribution is -0.136. The Bertz CT molecular complexity index is 553. The Balaban J connectivity index is 2.23. The van der Waals surface area contributed by atoms with Gasteiger partial charge in [0, 0.05) is 5.56 Å². The summed E-state index contributed by atoms with van der Waals surface area (Å²) in [5.74, 6) is 0.0637. The number of carboxylic acids is 1. The molecule has 0 spiro atoms. The van der Waals surface area contributed by atoms with Crippen molar-refractivity contribution in [3.05, 3.63) is 35.7 Å². The summed E-state index contributed by atoms with van der Waals surface area (Å²) in [5, 5.41) is 19.7. The van der Waals surface area contributed by atoms with Gasteiger partial charge in [0.15, 0.2) is 5.82 Å². The summed E-state index contributed by atoms with van der Waals surface area (Å²) in [6.45, 7) is 0.375. The number of ether oxygens (including phenoxy) is 1. The number of para-hydroxylation sites is 1. The van der Waals surface area contributed by atoms with Gasteiger partial charge < -0.3 is 9.84 Å². The second-order valence-corrected chi connectivity index (χ2v) is 3.64. The monoisotopic (exact) mass is 248 g/mol. The smallest absolute Gasteiger partial charge is 0.311 e. The second kappa shape index (κ2) is 5.26. The van der Waals surface area contributed by atoms with E-state index in [4.69, 9.17) is 9.84 Å². The molecule has 0 saturated heterocycles. The summed E-state index contributed by atoms with van der Waals surface area (Å²) >= 11 is 0. The first-order chi connectivity index (χ1) is 8.70. The number of rotatable bonds is 5. The highest BCUT2D eigenvalue weighted by Crippen LogP contribution is 2.18. The molecule has 1 heterocycles. The summed E-state index contributed by atoms with van der Waals surface area (Å²) in [7, 11) is 1.58. The molecule has 0 bridgehead atoms. The Morgan fingerprint density at radius 1 is 1.44 bits per heavy atom. The van der Waals surface area contributed by atoms with Crippen LogP contribution in [0, 0.1) is 0 Å². The maximum atomic E-state index is 10.7. The van der Waals surface area contributed by atoms with Gasteiger partial charge in [-0.05, 0) is 16.5 Å². The molecule has 0 aliphatic heterocycles. The maximum absolute atomic E-state index is 10.7. The van der Waals surface area contributed by atoms with Crippen LogP contribution in [0.4, 0.5) is 0 Å². The van der Waals surface area contributed by atoms with E-state index in [0.29, 0.717) is 18.1 Å². The maximum Gasteiger partial charge on any atom is 0.311 e.